The van der Waals surface area contributed by atoms with Crippen LogP contribution >= 0.6 is 0 Å². The second kappa shape index (κ2) is 3.78. The smallest absolute Gasteiger partial charge is 0.410 e. The number of likely N-dealkylation sites (N-methyl/N-ethyl adjacent to an activating group) is 1. The number of amides is 1. The standard InChI is InChI=1S/C11H20N4O2/c1-11(2,3)17-10(16)15-5-7-8(6-15)14(4)13-9(7)12/h7-8H,5-6H2,1-4H3,(H2,12,13). The van der Waals surface area contributed by atoms with E-state index in [0.717, 1.165) is 0 Å². The van der Waals surface area contributed by atoms with E-state index in [1.54, 1.807) is 4.90 Å². The zero-order valence-corrected chi connectivity index (χ0v) is 10.8. The van der Waals surface area contributed by atoms with Gasteiger partial charge in [0, 0.05) is 20.1 Å². The first-order chi connectivity index (χ1) is 7.78. The van der Waals surface area contributed by atoms with Gasteiger partial charge >= 0.3 is 6.09 Å². The lowest BCUT2D eigenvalue weighted by Crippen LogP contribution is -2.37. The van der Waals surface area contributed by atoms with E-state index in [2.05, 4.69) is 5.10 Å². The molecule has 2 unspecified atom stereocenters. The number of carbonyl (C=O) groups is 1. The van der Waals surface area contributed by atoms with E-state index in [4.69, 9.17) is 10.5 Å². The van der Waals surface area contributed by atoms with E-state index in [1.165, 1.54) is 0 Å². The van der Waals surface area contributed by atoms with Gasteiger partial charge < -0.3 is 15.4 Å². The third-order valence-electron chi connectivity index (χ3n) is 3.07. The lowest BCUT2D eigenvalue weighted by atomic mass is 10.0. The number of nitrogens with two attached hydrogens (primary N) is 1. The van der Waals surface area contributed by atoms with Crippen molar-refractivity contribution in [2.75, 3.05) is 20.1 Å². The lowest BCUT2D eigenvalue weighted by molar-refractivity contribution is 0.0280. The summed E-state index contributed by atoms with van der Waals surface area (Å²) >= 11 is 0. The Morgan fingerprint density at radius 3 is 2.65 bits per heavy atom. The lowest BCUT2D eigenvalue weighted by Gasteiger charge is -2.25. The molecule has 0 bridgehead atoms. The Morgan fingerprint density at radius 2 is 2.12 bits per heavy atom. The van der Waals surface area contributed by atoms with E-state index in [-0.39, 0.29) is 18.1 Å². The highest BCUT2D eigenvalue weighted by Crippen LogP contribution is 2.27. The van der Waals surface area contributed by atoms with Crippen molar-refractivity contribution in [2.24, 2.45) is 16.8 Å². The Labute approximate surface area is 101 Å². The normalized spacial score (nSPS) is 28.1. The van der Waals surface area contributed by atoms with Crippen molar-refractivity contribution < 1.29 is 9.53 Å². The van der Waals surface area contributed by atoms with Crippen LogP contribution in [0.25, 0.3) is 0 Å². The monoisotopic (exact) mass is 240 g/mol. The molecule has 2 rings (SSSR count). The zero-order chi connectivity index (χ0) is 12.8. The van der Waals surface area contributed by atoms with Crippen LogP contribution in [-0.4, -0.2) is 53.6 Å². The van der Waals surface area contributed by atoms with Crippen LogP contribution < -0.4 is 5.73 Å². The fraction of sp³-hybridized carbons (Fsp3) is 0.818. The third-order valence-corrected chi connectivity index (χ3v) is 3.07. The predicted octanol–water partition coefficient (Wildman–Crippen LogP) is 0.440. The molecular weight excluding hydrogens is 220 g/mol. The number of hydrogen-bond acceptors (Lipinski definition) is 5. The van der Waals surface area contributed by atoms with Crippen molar-refractivity contribution in [3.8, 4) is 0 Å². The molecule has 0 aliphatic carbocycles. The summed E-state index contributed by atoms with van der Waals surface area (Å²) in [6, 6.07) is 0.197. The van der Waals surface area contributed by atoms with Gasteiger partial charge in [0.05, 0.1) is 12.0 Å². The largest absolute Gasteiger partial charge is 0.444 e. The maximum atomic E-state index is 11.9. The summed E-state index contributed by atoms with van der Waals surface area (Å²) < 4.78 is 5.35. The van der Waals surface area contributed by atoms with Gasteiger partial charge in [0.15, 0.2) is 0 Å². The molecule has 2 heterocycles. The average Bonchev–Trinajstić information content (AvgIpc) is 2.67. The highest BCUT2D eigenvalue weighted by molar-refractivity contribution is 5.86. The molecule has 1 saturated heterocycles. The number of ether oxygens (including phenoxy) is 1. The number of likely N-dealkylation sites (tertiary alicyclic amines) is 1. The minimum atomic E-state index is -0.458. The number of carbonyl (C=O) groups excluding carboxylic acids is 1. The van der Waals surface area contributed by atoms with E-state index >= 15 is 0 Å². The SMILES string of the molecule is CN1N=C(N)C2CN(C(=O)OC(C)(C)C)CC21. The molecule has 2 N–H and O–H groups in total. The van der Waals surface area contributed by atoms with Crippen molar-refractivity contribution in [3.05, 3.63) is 0 Å². The van der Waals surface area contributed by atoms with E-state index < -0.39 is 5.60 Å². The minimum Gasteiger partial charge on any atom is -0.444 e. The van der Waals surface area contributed by atoms with Crippen LogP contribution in [0.5, 0.6) is 0 Å². The molecule has 0 radical (unpaired) electrons. The van der Waals surface area contributed by atoms with Crippen molar-refractivity contribution in [1.82, 2.24) is 9.91 Å². The maximum absolute atomic E-state index is 11.9. The van der Waals surface area contributed by atoms with Crippen LogP contribution in [-0.2, 0) is 4.74 Å². The average molecular weight is 240 g/mol. The number of amidine groups is 1. The summed E-state index contributed by atoms with van der Waals surface area (Å²) in [6.45, 7) is 6.82. The first kappa shape index (κ1) is 12.0. The molecule has 2 atom stereocenters. The van der Waals surface area contributed by atoms with Crippen LogP contribution in [0.2, 0.25) is 0 Å². The Kier molecular flexibility index (Phi) is 2.67. The van der Waals surface area contributed by atoms with Gasteiger partial charge in [0.25, 0.3) is 0 Å². The van der Waals surface area contributed by atoms with Gasteiger partial charge in [-0.3, -0.25) is 5.01 Å². The van der Waals surface area contributed by atoms with E-state index in [9.17, 15) is 4.79 Å². The molecule has 2 aliphatic heterocycles. The maximum Gasteiger partial charge on any atom is 0.410 e. The second-order valence-corrected chi connectivity index (χ2v) is 5.66. The predicted molar refractivity (Wildman–Crippen MR) is 64.5 cm³/mol. The van der Waals surface area contributed by atoms with Crippen LogP contribution in [0.15, 0.2) is 5.10 Å². The Balaban J connectivity index is 1.99. The van der Waals surface area contributed by atoms with Crippen molar-refractivity contribution in [3.63, 3.8) is 0 Å². The van der Waals surface area contributed by atoms with Gasteiger partial charge in [-0.1, -0.05) is 0 Å². The topological polar surface area (TPSA) is 71.2 Å². The quantitative estimate of drug-likeness (QED) is 0.667. The number of rotatable bonds is 0. The number of nitrogens with zero attached hydrogens (tertiary/aromatic N) is 3. The Bertz CT molecular complexity index is 361. The van der Waals surface area contributed by atoms with Crippen LogP contribution in [0.4, 0.5) is 4.79 Å². The highest BCUT2D eigenvalue weighted by atomic mass is 16.6. The third kappa shape index (κ3) is 2.30. The molecule has 0 aromatic carbocycles. The van der Waals surface area contributed by atoms with Crippen LogP contribution in [0.1, 0.15) is 20.8 Å². The molecule has 17 heavy (non-hydrogen) atoms. The first-order valence-electron chi connectivity index (χ1n) is 5.82. The molecule has 0 aromatic rings. The Morgan fingerprint density at radius 1 is 1.47 bits per heavy atom. The molecule has 0 spiro atoms. The van der Waals surface area contributed by atoms with Gasteiger partial charge in [-0.2, -0.15) is 5.10 Å². The van der Waals surface area contributed by atoms with Crippen LogP contribution in [0, 0.1) is 5.92 Å². The fourth-order valence-electron chi connectivity index (χ4n) is 2.26. The first-order valence-corrected chi connectivity index (χ1v) is 5.82. The number of fused-ring (bicyclic) bond motifs is 1. The van der Waals surface area contributed by atoms with E-state index in [1.807, 2.05) is 32.8 Å². The van der Waals surface area contributed by atoms with E-state index in [0.29, 0.717) is 18.9 Å². The Hall–Kier alpha value is -1.46. The molecule has 1 fully saturated rings. The molecule has 0 saturated carbocycles. The summed E-state index contributed by atoms with van der Waals surface area (Å²) in [5.41, 5.74) is 5.37. The van der Waals surface area contributed by atoms with Gasteiger partial charge in [0.2, 0.25) is 0 Å². The molecule has 2 aliphatic rings. The molecule has 6 heteroatoms. The number of hydrazone groups is 1. The summed E-state index contributed by atoms with van der Waals surface area (Å²) in [5.74, 6) is 0.760. The van der Waals surface area contributed by atoms with Gasteiger partial charge in [0.1, 0.15) is 11.4 Å². The molecule has 96 valence electrons. The summed E-state index contributed by atoms with van der Waals surface area (Å²) in [4.78, 5) is 13.6. The van der Waals surface area contributed by atoms with Crippen molar-refractivity contribution in [1.29, 1.82) is 0 Å². The zero-order valence-electron chi connectivity index (χ0n) is 10.8. The number of hydrogen-bond donors (Lipinski definition) is 1. The van der Waals surface area contributed by atoms with Crippen molar-refractivity contribution >= 4 is 11.9 Å². The minimum absolute atomic E-state index is 0.146. The van der Waals surface area contributed by atoms with Gasteiger partial charge in [-0.05, 0) is 20.8 Å². The highest BCUT2D eigenvalue weighted by Gasteiger charge is 2.44. The van der Waals surface area contributed by atoms with Gasteiger partial charge in [-0.25, -0.2) is 4.79 Å². The second-order valence-electron chi connectivity index (χ2n) is 5.66. The molecule has 0 aromatic heterocycles. The molecule has 6 nitrogen and oxygen atoms in total. The van der Waals surface area contributed by atoms with Crippen LogP contribution in [0.3, 0.4) is 0 Å². The summed E-state index contributed by atoms with van der Waals surface area (Å²) in [7, 11) is 1.89. The van der Waals surface area contributed by atoms with Gasteiger partial charge in [-0.15, -0.1) is 0 Å². The fourth-order valence-corrected chi connectivity index (χ4v) is 2.26. The summed E-state index contributed by atoms with van der Waals surface area (Å²) in [5, 5.41) is 6.03. The molecule has 1 amide bonds. The van der Waals surface area contributed by atoms with Crippen molar-refractivity contribution in [2.45, 2.75) is 32.4 Å². The summed E-state index contributed by atoms with van der Waals surface area (Å²) in [6.07, 6.45) is -0.270. The molecular formula is C11H20N4O2.